The quantitative estimate of drug-likeness (QED) is 0.422. The van der Waals surface area contributed by atoms with Crippen molar-refractivity contribution < 1.29 is 14.6 Å². The smallest absolute Gasteiger partial charge is 0.303 e. The summed E-state index contributed by atoms with van der Waals surface area (Å²) in [6.07, 6.45) is 15.2. The van der Waals surface area contributed by atoms with E-state index < -0.39 is 5.97 Å². The molecule has 0 bridgehead atoms. The minimum absolute atomic E-state index is 0.286. The maximum atomic E-state index is 10.4. The summed E-state index contributed by atoms with van der Waals surface area (Å²) in [6.45, 7) is 2.25. The molecule has 0 saturated carbocycles. The van der Waals surface area contributed by atoms with E-state index in [9.17, 15) is 4.79 Å². The second kappa shape index (κ2) is 14.8. The van der Waals surface area contributed by atoms with Crippen molar-refractivity contribution in [3.05, 3.63) is 0 Å². The van der Waals surface area contributed by atoms with Gasteiger partial charge >= 0.3 is 5.97 Å². The lowest BCUT2D eigenvalue weighted by Crippen LogP contribution is -2.10. The molecular formula is C17H34O3. The highest BCUT2D eigenvalue weighted by Crippen LogP contribution is 2.15. The zero-order valence-corrected chi connectivity index (χ0v) is 13.5. The van der Waals surface area contributed by atoms with Crippen LogP contribution in [0.15, 0.2) is 0 Å². The first-order chi connectivity index (χ1) is 9.70. The molecule has 1 atom stereocenters. The van der Waals surface area contributed by atoms with Gasteiger partial charge in [-0.1, -0.05) is 64.7 Å². The first-order valence-electron chi connectivity index (χ1n) is 8.45. The van der Waals surface area contributed by atoms with Gasteiger partial charge in [0.15, 0.2) is 0 Å². The van der Waals surface area contributed by atoms with Crippen molar-refractivity contribution in [3.63, 3.8) is 0 Å². The summed E-state index contributed by atoms with van der Waals surface area (Å²) in [6, 6.07) is 0. The SMILES string of the molecule is CCCCCCCCCCC(CCCCC(=O)O)OC. The molecule has 0 aliphatic carbocycles. The van der Waals surface area contributed by atoms with Gasteiger partial charge in [-0.25, -0.2) is 0 Å². The number of aliphatic carboxylic acids is 1. The fourth-order valence-corrected chi connectivity index (χ4v) is 2.53. The standard InChI is InChI=1S/C17H34O3/c1-3-4-5-6-7-8-9-10-13-16(20-2)14-11-12-15-17(18)19/h16H,3-15H2,1-2H3,(H,18,19). The van der Waals surface area contributed by atoms with Crippen LogP contribution in [0.25, 0.3) is 0 Å². The molecular weight excluding hydrogens is 252 g/mol. The van der Waals surface area contributed by atoms with Gasteiger partial charge in [0.2, 0.25) is 0 Å². The second-order valence-corrected chi connectivity index (χ2v) is 5.76. The molecule has 0 radical (unpaired) electrons. The van der Waals surface area contributed by atoms with Crippen LogP contribution in [0.5, 0.6) is 0 Å². The third-order valence-corrected chi connectivity index (χ3v) is 3.88. The Morgan fingerprint density at radius 3 is 1.90 bits per heavy atom. The third-order valence-electron chi connectivity index (χ3n) is 3.88. The Morgan fingerprint density at radius 1 is 0.900 bits per heavy atom. The van der Waals surface area contributed by atoms with E-state index in [0.29, 0.717) is 6.10 Å². The van der Waals surface area contributed by atoms with Gasteiger partial charge in [0, 0.05) is 13.5 Å². The van der Waals surface area contributed by atoms with Crippen LogP contribution < -0.4 is 0 Å². The minimum atomic E-state index is -0.693. The van der Waals surface area contributed by atoms with Crippen LogP contribution in [0.2, 0.25) is 0 Å². The number of unbranched alkanes of at least 4 members (excludes halogenated alkanes) is 8. The highest BCUT2D eigenvalue weighted by atomic mass is 16.5. The number of carbonyl (C=O) groups is 1. The van der Waals surface area contributed by atoms with E-state index in [2.05, 4.69) is 6.92 Å². The minimum Gasteiger partial charge on any atom is -0.481 e. The molecule has 0 aliphatic heterocycles. The average Bonchev–Trinajstić information content (AvgIpc) is 2.43. The number of methoxy groups -OCH3 is 1. The third kappa shape index (κ3) is 13.9. The molecule has 0 aliphatic rings. The van der Waals surface area contributed by atoms with Crippen molar-refractivity contribution in [2.45, 2.75) is 96.5 Å². The molecule has 0 heterocycles. The lowest BCUT2D eigenvalue weighted by atomic mass is 10.0. The Morgan fingerprint density at radius 2 is 1.40 bits per heavy atom. The predicted octanol–water partition coefficient (Wildman–Crippen LogP) is 5.18. The molecule has 0 aromatic heterocycles. The Bertz CT molecular complexity index is 216. The van der Waals surface area contributed by atoms with E-state index in [1.54, 1.807) is 7.11 Å². The predicted molar refractivity (Wildman–Crippen MR) is 84.1 cm³/mol. The molecule has 0 fully saturated rings. The maximum Gasteiger partial charge on any atom is 0.303 e. The summed E-state index contributed by atoms with van der Waals surface area (Å²) in [4.78, 5) is 10.4. The first kappa shape index (κ1) is 19.4. The molecule has 1 N–H and O–H groups in total. The molecule has 0 spiro atoms. The molecule has 0 aromatic rings. The van der Waals surface area contributed by atoms with E-state index in [1.165, 1.54) is 51.4 Å². The lowest BCUT2D eigenvalue weighted by molar-refractivity contribution is -0.137. The highest BCUT2D eigenvalue weighted by Gasteiger charge is 2.07. The Balaban J connectivity index is 3.34. The second-order valence-electron chi connectivity index (χ2n) is 5.76. The number of hydrogen-bond acceptors (Lipinski definition) is 2. The van der Waals surface area contributed by atoms with Crippen molar-refractivity contribution >= 4 is 5.97 Å². The van der Waals surface area contributed by atoms with Gasteiger partial charge in [-0.05, 0) is 19.3 Å². The van der Waals surface area contributed by atoms with Gasteiger partial charge in [-0.3, -0.25) is 4.79 Å². The van der Waals surface area contributed by atoms with E-state index in [0.717, 1.165) is 25.7 Å². The van der Waals surface area contributed by atoms with Crippen LogP contribution in [0, 0.1) is 0 Å². The average molecular weight is 286 g/mol. The lowest BCUT2D eigenvalue weighted by Gasteiger charge is -2.14. The van der Waals surface area contributed by atoms with Crippen LogP contribution in [-0.2, 0) is 9.53 Å². The van der Waals surface area contributed by atoms with E-state index in [1.807, 2.05) is 0 Å². The van der Waals surface area contributed by atoms with Gasteiger partial charge in [-0.2, -0.15) is 0 Å². The fourth-order valence-electron chi connectivity index (χ4n) is 2.53. The summed E-state index contributed by atoms with van der Waals surface area (Å²) >= 11 is 0. The van der Waals surface area contributed by atoms with Crippen LogP contribution in [-0.4, -0.2) is 24.3 Å². The Hall–Kier alpha value is -0.570. The summed E-state index contributed by atoms with van der Waals surface area (Å²) in [5, 5.41) is 8.58. The van der Waals surface area contributed by atoms with Crippen molar-refractivity contribution in [2.75, 3.05) is 7.11 Å². The number of ether oxygens (including phenoxy) is 1. The van der Waals surface area contributed by atoms with E-state index in [-0.39, 0.29) is 6.42 Å². The summed E-state index contributed by atoms with van der Waals surface area (Å²) < 4.78 is 5.47. The Kier molecular flexibility index (Phi) is 14.4. The summed E-state index contributed by atoms with van der Waals surface area (Å²) in [5.41, 5.74) is 0. The number of rotatable bonds is 15. The zero-order valence-electron chi connectivity index (χ0n) is 13.5. The van der Waals surface area contributed by atoms with Gasteiger partial charge < -0.3 is 9.84 Å². The van der Waals surface area contributed by atoms with Crippen LogP contribution in [0.3, 0.4) is 0 Å². The van der Waals surface area contributed by atoms with Gasteiger partial charge in [0.25, 0.3) is 0 Å². The van der Waals surface area contributed by atoms with Crippen molar-refractivity contribution in [1.29, 1.82) is 0 Å². The van der Waals surface area contributed by atoms with Crippen LogP contribution >= 0.6 is 0 Å². The maximum absolute atomic E-state index is 10.4. The first-order valence-corrected chi connectivity index (χ1v) is 8.45. The van der Waals surface area contributed by atoms with Gasteiger partial charge in [0.05, 0.1) is 6.10 Å². The molecule has 1 unspecified atom stereocenters. The van der Waals surface area contributed by atoms with Gasteiger partial charge in [0.1, 0.15) is 0 Å². The largest absolute Gasteiger partial charge is 0.481 e. The zero-order chi connectivity index (χ0) is 15.1. The highest BCUT2D eigenvalue weighted by molar-refractivity contribution is 5.66. The van der Waals surface area contributed by atoms with Crippen molar-refractivity contribution in [1.82, 2.24) is 0 Å². The summed E-state index contributed by atoms with van der Waals surface area (Å²) in [5.74, 6) is -0.693. The van der Waals surface area contributed by atoms with Gasteiger partial charge in [-0.15, -0.1) is 0 Å². The molecule has 0 amide bonds. The molecule has 120 valence electrons. The fraction of sp³-hybridized carbons (Fsp3) is 0.941. The van der Waals surface area contributed by atoms with Crippen LogP contribution in [0.4, 0.5) is 0 Å². The Labute approximate surface area is 125 Å². The van der Waals surface area contributed by atoms with Crippen molar-refractivity contribution in [2.24, 2.45) is 0 Å². The number of carboxylic acid groups (broad SMARTS) is 1. The van der Waals surface area contributed by atoms with E-state index in [4.69, 9.17) is 9.84 Å². The molecule has 0 rings (SSSR count). The van der Waals surface area contributed by atoms with Crippen LogP contribution in [0.1, 0.15) is 90.4 Å². The summed E-state index contributed by atoms with van der Waals surface area (Å²) in [7, 11) is 1.77. The topological polar surface area (TPSA) is 46.5 Å². The monoisotopic (exact) mass is 286 g/mol. The molecule has 3 heteroatoms. The normalized spacial score (nSPS) is 12.5. The number of carboxylic acids is 1. The van der Waals surface area contributed by atoms with Crippen molar-refractivity contribution in [3.8, 4) is 0 Å². The molecule has 0 aromatic carbocycles. The number of hydrogen-bond donors (Lipinski definition) is 1. The molecule has 20 heavy (non-hydrogen) atoms. The molecule has 3 nitrogen and oxygen atoms in total. The van der Waals surface area contributed by atoms with E-state index >= 15 is 0 Å². The molecule has 0 saturated heterocycles.